The van der Waals surface area contributed by atoms with Crippen LogP contribution in [0.4, 0.5) is 0 Å². The molecule has 1 aromatic rings. The summed E-state index contributed by atoms with van der Waals surface area (Å²) >= 11 is 0. The molecule has 1 unspecified atom stereocenters. The Morgan fingerprint density at radius 2 is 2.20 bits per heavy atom. The minimum atomic E-state index is 0.570. The Bertz CT molecular complexity index is 319. The second kappa shape index (κ2) is 3.87. The number of hydrogen-bond acceptors (Lipinski definition) is 4. The summed E-state index contributed by atoms with van der Waals surface area (Å²) in [4.78, 5) is 8.37. The Balaban J connectivity index is 1.86. The predicted molar refractivity (Wildman–Crippen MR) is 57.1 cm³/mol. The second-order valence-corrected chi connectivity index (χ2v) is 4.43. The number of piperidine rings is 1. The predicted octanol–water partition coefficient (Wildman–Crippen LogP) is 0.790. The first-order valence-electron chi connectivity index (χ1n) is 5.68. The summed E-state index contributed by atoms with van der Waals surface area (Å²) in [5.41, 5.74) is 4.69. The number of fused-ring (bicyclic) bond motifs is 4. The van der Waals surface area contributed by atoms with E-state index in [2.05, 4.69) is 26.5 Å². The largest absolute Gasteiger partial charge is 0.255 e. The van der Waals surface area contributed by atoms with Crippen molar-refractivity contribution in [3.8, 4) is 0 Å². The van der Waals surface area contributed by atoms with E-state index in [-0.39, 0.29) is 0 Å². The summed E-state index contributed by atoms with van der Waals surface area (Å²) < 4.78 is 0. The molecule has 80 valence electrons. The van der Waals surface area contributed by atoms with Gasteiger partial charge >= 0.3 is 0 Å². The molecule has 0 aliphatic carbocycles. The van der Waals surface area contributed by atoms with Crippen LogP contribution in [0.25, 0.3) is 0 Å². The van der Waals surface area contributed by atoms with Crippen LogP contribution >= 0.6 is 0 Å². The zero-order chi connectivity index (χ0) is 10.1. The van der Waals surface area contributed by atoms with Crippen LogP contribution in [-0.4, -0.2) is 34.6 Å². The van der Waals surface area contributed by atoms with Crippen molar-refractivity contribution in [3.63, 3.8) is 0 Å². The van der Waals surface area contributed by atoms with E-state index in [9.17, 15) is 0 Å². The van der Waals surface area contributed by atoms with Gasteiger partial charge in [-0.3, -0.25) is 5.43 Å². The average molecular weight is 204 g/mol. The number of aromatic nitrogens is 2. The van der Waals surface area contributed by atoms with Crippen molar-refractivity contribution in [1.29, 1.82) is 0 Å². The third-order valence-corrected chi connectivity index (χ3v) is 3.63. The van der Waals surface area contributed by atoms with Crippen LogP contribution in [0.5, 0.6) is 0 Å². The van der Waals surface area contributed by atoms with E-state index in [1.165, 1.54) is 31.6 Å². The molecule has 0 aromatic carbocycles. The number of hydrogen-bond donors (Lipinski definition) is 1. The van der Waals surface area contributed by atoms with Crippen LogP contribution < -0.4 is 5.43 Å². The summed E-state index contributed by atoms with van der Waals surface area (Å²) in [7, 11) is 0. The van der Waals surface area contributed by atoms with Crippen LogP contribution in [0.1, 0.15) is 24.5 Å². The van der Waals surface area contributed by atoms with Gasteiger partial charge in [0.2, 0.25) is 0 Å². The van der Waals surface area contributed by atoms with Gasteiger partial charge in [-0.1, -0.05) is 0 Å². The Kier molecular flexibility index (Phi) is 2.38. The first-order valence-corrected chi connectivity index (χ1v) is 5.68. The maximum absolute atomic E-state index is 4.39. The van der Waals surface area contributed by atoms with E-state index in [0.29, 0.717) is 5.92 Å². The van der Waals surface area contributed by atoms with Gasteiger partial charge in [-0.2, -0.15) is 0 Å². The van der Waals surface area contributed by atoms with Gasteiger partial charge in [-0.05, 0) is 24.8 Å². The van der Waals surface area contributed by atoms with Gasteiger partial charge in [0, 0.05) is 37.4 Å². The third kappa shape index (κ3) is 1.75. The highest BCUT2D eigenvalue weighted by molar-refractivity contribution is 5.09. The molecule has 0 saturated carbocycles. The first-order chi connectivity index (χ1) is 7.43. The van der Waals surface area contributed by atoms with Crippen LogP contribution in [0.3, 0.4) is 0 Å². The lowest BCUT2D eigenvalue weighted by molar-refractivity contribution is 0.165. The van der Waals surface area contributed by atoms with Crippen molar-refractivity contribution < 1.29 is 0 Å². The second-order valence-electron chi connectivity index (χ2n) is 4.43. The SMILES string of the molecule is c1cc(C2CNN3CCC2CC3)ncn1. The standard InChI is InChI=1S/C11H16N4/c1-4-12-8-13-11(1)10-7-14-15-5-2-9(10)3-6-15/h1,4,8-10,14H,2-3,5-7H2. The van der Waals surface area contributed by atoms with Gasteiger partial charge in [0.05, 0.1) is 0 Å². The molecule has 0 spiro atoms. The molecule has 3 saturated heterocycles. The maximum atomic E-state index is 4.39. The average Bonchev–Trinajstić information content (AvgIpc) is 2.63. The van der Waals surface area contributed by atoms with E-state index in [1.807, 2.05) is 6.20 Å². The fourth-order valence-electron chi connectivity index (χ4n) is 2.72. The molecule has 4 nitrogen and oxygen atoms in total. The van der Waals surface area contributed by atoms with E-state index in [0.717, 1.165) is 12.5 Å². The zero-order valence-corrected chi connectivity index (χ0v) is 8.76. The van der Waals surface area contributed by atoms with Crippen molar-refractivity contribution in [1.82, 2.24) is 20.4 Å². The van der Waals surface area contributed by atoms with Gasteiger partial charge in [0.25, 0.3) is 0 Å². The molecule has 3 aliphatic rings. The van der Waals surface area contributed by atoms with E-state index in [4.69, 9.17) is 0 Å². The molecule has 0 radical (unpaired) electrons. The molecule has 15 heavy (non-hydrogen) atoms. The highest BCUT2D eigenvalue weighted by atomic mass is 15.5. The lowest BCUT2D eigenvalue weighted by Crippen LogP contribution is -2.39. The molecular weight excluding hydrogens is 188 g/mol. The molecule has 3 aliphatic heterocycles. The monoisotopic (exact) mass is 204 g/mol. The number of nitrogens with one attached hydrogen (secondary N) is 1. The number of nitrogens with zero attached hydrogens (tertiary/aromatic N) is 3. The van der Waals surface area contributed by atoms with Crippen molar-refractivity contribution in [3.05, 3.63) is 24.3 Å². The van der Waals surface area contributed by atoms with Crippen molar-refractivity contribution in [2.75, 3.05) is 19.6 Å². The Hall–Kier alpha value is -1.00. The first kappa shape index (κ1) is 9.24. The smallest absolute Gasteiger partial charge is 0.115 e. The lowest BCUT2D eigenvalue weighted by atomic mass is 9.83. The topological polar surface area (TPSA) is 41.0 Å². The lowest BCUT2D eigenvalue weighted by Gasteiger charge is -2.27. The summed E-state index contributed by atoms with van der Waals surface area (Å²) in [6.45, 7) is 3.40. The Morgan fingerprint density at radius 3 is 2.93 bits per heavy atom. The van der Waals surface area contributed by atoms with Gasteiger partial charge in [-0.15, -0.1) is 0 Å². The molecule has 3 fully saturated rings. The van der Waals surface area contributed by atoms with Crippen LogP contribution in [-0.2, 0) is 0 Å². The fraction of sp³-hybridized carbons (Fsp3) is 0.636. The quantitative estimate of drug-likeness (QED) is 0.734. The molecular formula is C11H16N4. The van der Waals surface area contributed by atoms with Gasteiger partial charge in [-0.25, -0.2) is 15.0 Å². The van der Waals surface area contributed by atoms with E-state index >= 15 is 0 Å². The molecule has 1 aromatic heterocycles. The Morgan fingerprint density at radius 1 is 1.33 bits per heavy atom. The van der Waals surface area contributed by atoms with E-state index < -0.39 is 0 Å². The Labute approximate surface area is 89.7 Å². The summed E-state index contributed by atoms with van der Waals surface area (Å²) in [6, 6.07) is 2.06. The molecule has 1 N–H and O–H groups in total. The minimum absolute atomic E-state index is 0.570. The molecule has 4 rings (SSSR count). The van der Waals surface area contributed by atoms with Crippen molar-refractivity contribution in [2.24, 2.45) is 5.92 Å². The molecule has 1 atom stereocenters. The number of rotatable bonds is 1. The molecule has 2 bridgehead atoms. The third-order valence-electron chi connectivity index (χ3n) is 3.63. The summed E-state index contributed by atoms with van der Waals surface area (Å²) in [5, 5.41) is 2.34. The summed E-state index contributed by atoms with van der Waals surface area (Å²) in [6.07, 6.45) is 6.09. The van der Waals surface area contributed by atoms with Crippen molar-refractivity contribution >= 4 is 0 Å². The van der Waals surface area contributed by atoms with Gasteiger partial charge < -0.3 is 0 Å². The normalized spacial score (nSPS) is 35.1. The molecule has 0 amide bonds. The summed E-state index contributed by atoms with van der Waals surface area (Å²) in [5.74, 6) is 1.37. The van der Waals surface area contributed by atoms with Crippen LogP contribution in [0.2, 0.25) is 0 Å². The van der Waals surface area contributed by atoms with Gasteiger partial charge in [0.15, 0.2) is 0 Å². The van der Waals surface area contributed by atoms with Crippen LogP contribution in [0.15, 0.2) is 18.6 Å². The van der Waals surface area contributed by atoms with Crippen molar-refractivity contribution in [2.45, 2.75) is 18.8 Å². The fourth-order valence-corrected chi connectivity index (χ4v) is 2.72. The molecule has 4 heterocycles. The van der Waals surface area contributed by atoms with Crippen LogP contribution in [0, 0.1) is 5.92 Å². The minimum Gasteiger partial charge on any atom is -0.255 e. The van der Waals surface area contributed by atoms with E-state index in [1.54, 1.807) is 6.33 Å². The zero-order valence-electron chi connectivity index (χ0n) is 8.76. The maximum Gasteiger partial charge on any atom is 0.115 e. The van der Waals surface area contributed by atoms with Gasteiger partial charge in [0.1, 0.15) is 6.33 Å². The highest BCUT2D eigenvalue weighted by Crippen LogP contribution is 2.33. The molecule has 4 heteroatoms. The number of hydrazine groups is 1. The highest BCUT2D eigenvalue weighted by Gasteiger charge is 2.32.